The van der Waals surface area contributed by atoms with Crippen LogP contribution in [0.3, 0.4) is 0 Å². The van der Waals surface area contributed by atoms with Gasteiger partial charge >= 0.3 is 6.03 Å². The minimum Gasteiger partial charge on any atom is -0.339 e. The van der Waals surface area contributed by atoms with Crippen LogP contribution in [0, 0.1) is 0 Å². The van der Waals surface area contributed by atoms with Crippen molar-refractivity contribution in [2.24, 2.45) is 0 Å². The van der Waals surface area contributed by atoms with E-state index in [2.05, 4.69) is 32.1 Å². The molecule has 23 heavy (non-hydrogen) atoms. The lowest BCUT2D eigenvalue weighted by molar-refractivity contribution is 0.193. The molecule has 0 aliphatic carbocycles. The second-order valence-corrected chi connectivity index (χ2v) is 6.43. The van der Waals surface area contributed by atoms with Crippen LogP contribution < -0.4 is 10.2 Å². The molecule has 1 aromatic rings. The first kappa shape index (κ1) is 16.0. The Bertz CT molecular complexity index is 511. The molecule has 0 spiro atoms. The Morgan fingerprint density at radius 1 is 1.13 bits per heavy atom. The van der Waals surface area contributed by atoms with Crippen LogP contribution in [0.5, 0.6) is 0 Å². The number of urea groups is 1. The smallest absolute Gasteiger partial charge is 0.317 e. The molecule has 7 heteroatoms. The number of hydrogen-bond donors (Lipinski definition) is 1. The van der Waals surface area contributed by atoms with Crippen LogP contribution in [0.4, 0.5) is 10.7 Å². The number of amides is 2. The summed E-state index contributed by atoms with van der Waals surface area (Å²) < 4.78 is 0. The predicted octanol–water partition coefficient (Wildman–Crippen LogP) is 0.793. The lowest BCUT2D eigenvalue weighted by Crippen LogP contribution is -2.52. The number of hydrogen-bond acceptors (Lipinski definition) is 5. The standard InChI is InChI=1S/C16H26N6O/c1-20-8-4-10-21(12-11-20)16(23)19-14-5-2-9-22(13-14)15-17-6-3-7-18-15/h3,6-7,14H,2,4-5,8-13H2,1H3,(H,19,23)/t14-/m1/s1. The maximum Gasteiger partial charge on any atom is 0.317 e. The number of anilines is 1. The second-order valence-electron chi connectivity index (χ2n) is 6.43. The molecule has 1 aromatic heterocycles. The Hall–Kier alpha value is -1.89. The molecule has 0 radical (unpaired) electrons. The molecule has 0 saturated carbocycles. The number of nitrogens with zero attached hydrogens (tertiary/aromatic N) is 5. The zero-order chi connectivity index (χ0) is 16.1. The van der Waals surface area contributed by atoms with Crippen LogP contribution in [0.15, 0.2) is 18.5 Å². The quantitative estimate of drug-likeness (QED) is 0.873. The number of aromatic nitrogens is 2. The fourth-order valence-corrected chi connectivity index (χ4v) is 3.25. The molecule has 1 atom stereocenters. The van der Waals surface area contributed by atoms with Crippen LogP contribution in [0.1, 0.15) is 19.3 Å². The number of likely N-dealkylation sites (N-methyl/N-ethyl adjacent to an activating group) is 1. The van der Waals surface area contributed by atoms with Gasteiger partial charge in [-0.2, -0.15) is 0 Å². The minimum atomic E-state index is 0.0705. The van der Waals surface area contributed by atoms with Gasteiger partial charge in [0.15, 0.2) is 0 Å². The van der Waals surface area contributed by atoms with Crippen molar-refractivity contribution in [3.63, 3.8) is 0 Å². The first-order chi connectivity index (χ1) is 11.2. The van der Waals surface area contributed by atoms with Gasteiger partial charge in [-0.25, -0.2) is 14.8 Å². The van der Waals surface area contributed by atoms with Crippen molar-refractivity contribution in [1.29, 1.82) is 0 Å². The molecule has 3 rings (SSSR count). The summed E-state index contributed by atoms with van der Waals surface area (Å²) in [7, 11) is 2.11. The Labute approximate surface area is 137 Å². The van der Waals surface area contributed by atoms with Gasteiger partial charge < -0.3 is 20.0 Å². The summed E-state index contributed by atoms with van der Waals surface area (Å²) >= 11 is 0. The SMILES string of the molecule is CN1CCCN(C(=O)N[C@@H]2CCCN(c3ncccn3)C2)CC1. The summed E-state index contributed by atoms with van der Waals surface area (Å²) in [6, 6.07) is 2.06. The third-order valence-corrected chi connectivity index (χ3v) is 4.59. The zero-order valence-corrected chi connectivity index (χ0v) is 13.8. The molecular weight excluding hydrogens is 292 g/mol. The lowest BCUT2D eigenvalue weighted by Gasteiger charge is -2.34. The van der Waals surface area contributed by atoms with Crippen molar-refractivity contribution in [3.8, 4) is 0 Å². The van der Waals surface area contributed by atoms with Crippen molar-refractivity contribution in [3.05, 3.63) is 18.5 Å². The highest BCUT2D eigenvalue weighted by Gasteiger charge is 2.25. The monoisotopic (exact) mass is 318 g/mol. The molecular formula is C16H26N6O. The van der Waals surface area contributed by atoms with Crippen LogP contribution in [-0.2, 0) is 0 Å². The average molecular weight is 318 g/mol. The Morgan fingerprint density at radius 2 is 1.96 bits per heavy atom. The van der Waals surface area contributed by atoms with Crippen LogP contribution in [0.25, 0.3) is 0 Å². The second kappa shape index (κ2) is 7.59. The van der Waals surface area contributed by atoms with Crippen LogP contribution in [-0.4, -0.2) is 78.2 Å². The largest absolute Gasteiger partial charge is 0.339 e. The first-order valence-corrected chi connectivity index (χ1v) is 8.48. The summed E-state index contributed by atoms with van der Waals surface area (Å²) in [4.78, 5) is 27.5. The van der Waals surface area contributed by atoms with Gasteiger partial charge in [0, 0.05) is 51.2 Å². The summed E-state index contributed by atoms with van der Waals surface area (Å²) in [5, 5.41) is 3.20. The molecule has 0 bridgehead atoms. The highest BCUT2D eigenvalue weighted by Crippen LogP contribution is 2.15. The molecule has 2 aliphatic heterocycles. The van der Waals surface area contributed by atoms with Gasteiger partial charge in [-0.1, -0.05) is 0 Å². The first-order valence-electron chi connectivity index (χ1n) is 8.48. The molecule has 2 aliphatic rings. The van der Waals surface area contributed by atoms with Gasteiger partial charge in [0.1, 0.15) is 0 Å². The molecule has 2 amide bonds. The van der Waals surface area contributed by atoms with E-state index in [0.717, 1.165) is 64.5 Å². The predicted molar refractivity (Wildman–Crippen MR) is 89.5 cm³/mol. The fourth-order valence-electron chi connectivity index (χ4n) is 3.25. The van der Waals surface area contributed by atoms with E-state index in [1.807, 2.05) is 11.0 Å². The Balaban J connectivity index is 1.54. The zero-order valence-electron chi connectivity index (χ0n) is 13.8. The van der Waals surface area contributed by atoms with Crippen molar-refractivity contribution in [2.75, 3.05) is 51.2 Å². The number of carbonyl (C=O) groups excluding carboxylic acids is 1. The molecule has 2 fully saturated rings. The van der Waals surface area contributed by atoms with Gasteiger partial charge in [-0.15, -0.1) is 0 Å². The van der Waals surface area contributed by atoms with Gasteiger partial charge in [0.2, 0.25) is 5.95 Å². The van der Waals surface area contributed by atoms with E-state index in [1.54, 1.807) is 12.4 Å². The Morgan fingerprint density at radius 3 is 2.78 bits per heavy atom. The number of nitrogens with one attached hydrogen (secondary N) is 1. The maximum atomic E-state index is 12.5. The number of rotatable bonds is 2. The highest BCUT2D eigenvalue weighted by molar-refractivity contribution is 5.74. The van der Waals surface area contributed by atoms with E-state index in [1.165, 1.54) is 0 Å². The van der Waals surface area contributed by atoms with Gasteiger partial charge in [-0.05, 0) is 38.9 Å². The van der Waals surface area contributed by atoms with Crippen molar-refractivity contribution >= 4 is 12.0 Å². The van der Waals surface area contributed by atoms with E-state index in [9.17, 15) is 4.79 Å². The summed E-state index contributed by atoms with van der Waals surface area (Å²) in [6.45, 7) is 5.39. The maximum absolute atomic E-state index is 12.5. The van der Waals surface area contributed by atoms with E-state index in [-0.39, 0.29) is 12.1 Å². The molecule has 0 aromatic carbocycles. The average Bonchev–Trinajstić information content (AvgIpc) is 2.81. The summed E-state index contributed by atoms with van der Waals surface area (Å²) in [6.07, 6.45) is 6.63. The molecule has 3 heterocycles. The lowest BCUT2D eigenvalue weighted by atomic mass is 10.1. The minimum absolute atomic E-state index is 0.0705. The van der Waals surface area contributed by atoms with Gasteiger partial charge in [0.05, 0.1) is 0 Å². The number of piperidine rings is 1. The number of carbonyl (C=O) groups is 1. The molecule has 1 N–H and O–H groups in total. The van der Waals surface area contributed by atoms with Crippen molar-refractivity contribution in [2.45, 2.75) is 25.3 Å². The van der Waals surface area contributed by atoms with E-state index in [0.29, 0.717) is 0 Å². The fraction of sp³-hybridized carbons (Fsp3) is 0.688. The van der Waals surface area contributed by atoms with Gasteiger partial charge in [-0.3, -0.25) is 0 Å². The molecule has 0 unspecified atom stereocenters. The van der Waals surface area contributed by atoms with Crippen molar-refractivity contribution in [1.82, 2.24) is 25.1 Å². The van der Waals surface area contributed by atoms with Crippen LogP contribution in [0.2, 0.25) is 0 Å². The van der Waals surface area contributed by atoms with Crippen molar-refractivity contribution < 1.29 is 4.79 Å². The van der Waals surface area contributed by atoms with E-state index >= 15 is 0 Å². The third-order valence-electron chi connectivity index (χ3n) is 4.59. The summed E-state index contributed by atoms with van der Waals surface area (Å²) in [5.41, 5.74) is 0. The van der Waals surface area contributed by atoms with Gasteiger partial charge in [0.25, 0.3) is 0 Å². The van der Waals surface area contributed by atoms with Crippen LogP contribution >= 0.6 is 0 Å². The topological polar surface area (TPSA) is 64.6 Å². The van der Waals surface area contributed by atoms with E-state index in [4.69, 9.17) is 0 Å². The highest BCUT2D eigenvalue weighted by atomic mass is 16.2. The molecule has 2 saturated heterocycles. The normalized spacial score (nSPS) is 23.4. The summed E-state index contributed by atoms with van der Waals surface area (Å²) in [5.74, 6) is 0.753. The third kappa shape index (κ3) is 4.31. The Kier molecular flexibility index (Phi) is 5.27. The molecule has 126 valence electrons. The molecule has 7 nitrogen and oxygen atoms in total. The van der Waals surface area contributed by atoms with E-state index < -0.39 is 0 Å².